The van der Waals surface area contributed by atoms with Crippen molar-refractivity contribution in [1.82, 2.24) is 0 Å². The summed E-state index contributed by atoms with van der Waals surface area (Å²) in [5.74, 6) is -2.07. The van der Waals surface area contributed by atoms with Crippen molar-refractivity contribution in [3.8, 4) is 11.1 Å². The molecule has 0 radical (unpaired) electrons. The van der Waals surface area contributed by atoms with E-state index in [1.807, 2.05) is 0 Å². The van der Waals surface area contributed by atoms with Crippen molar-refractivity contribution >= 4 is 5.69 Å². The zero-order valence-corrected chi connectivity index (χ0v) is 8.18. The number of anilines is 1. The molecule has 16 heavy (non-hydrogen) atoms. The van der Waals surface area contributed by atoms with Crippen LogP contribution in [0.3, 0.4) is 0 Å². The lowest BCUT2D eigenvalue weighted by Crippen LogP contribution is -1.94. The van der Waals surface area contributed by atoms with Crippen molar-refractivity contribution in [3.05, 3.63) is 53.8 Å². The van der Waals surface area contributed by atoms with E-state index in [-0.39, 0.29) is 11.3 Å². The van der Waals surface area contributed by atoms with Crippen LogP contribution < -0.4 is 5.73 Å². The fourth-order valence-electron chi connectivity index (χ4n) is 1.44. The van der Waals surface area contributed by atoms with Crippen LogP contribution in [0.15, 0.2) is 36.4 Å². The van der Waals surface area contributed by atoms with Gasteiger partial charge >= 0.3 is 0 Å². The molecule has 2 rings (SSSR count). The summed E-state index contributed by atoms with van der Waals surface area (Å²) in [4.78, 5) is 0. The predicted molar refractivity (Wildman–Crippen MR) is 56.2 cm³/mol. The Labute approximate surface area is 90.3 Å². The first-order valence-electron chi connectivity index (χ1n) is 4.58. The average molecular weight is 223 g/mol. The minimum atomic E-state index is -0.822. The first-order chi connectivity index (χ1) is 7.58. The van der Waals surface area contributed by atoms with Gasteiger partial charge in [0.1, 0.15) is 17.5 Å². The molecule has 0 bridgehead atoms. The largest absolute Gasteiger partial charge is 0.396 e. The summed E-state index contributed by atoms with van der Waals surface area (Å²) in [6.45, 7) is 0. The molecule has 1 nitrogen and oxygen atoms in total. The van der Waals surface area contributed by atoms with Gasteiger partial charge in [-0.15, -0.1) is 0 Å². The highest BCUT2D eigenvalue weighted by atomic mass is 19.1. The van der Waals surface area contributed by atoms with E-state index in [4.69, 9.17) is 5.73 Å². The van der Waals surface area contributed by atoms with E-state index in [2.05, 4.69) is 0 Å². The number of halogens is 3. The third-order valence-corrected chi connectivity index (χ3v) is 2.22. The third-order valence-electron chi connectivity index (χ3n) is 2.22. The lowest BCUT2D eigenvalue weighted by molar-refractivity contribution is 0.588. The zero-order valence-electron chi connectivity index (χ0n) is 8.18. The molecule has 2 aromatic carbocycles. The summed E-state index contributed by atoms with van der Waals surface area (Å²) in [6.07, 6.45) is 0. The molecule has 0 spiro atoms. The van der Waals surface area contributed by atoms with Crippen LogP contribution in [0.25, 0.3) is 11.1 Å². The van der Waals surface area contributed by atoms with E-state index in [1.165, 1.54) is 18.2 Å². The standard InChI is InChI=1S/C12H8F3N/c13-8-3-1-2-7(4-8)9-5-12(16)11(15)6-10(9)14/h1-6H,16H2. The van der Waals surface area contributed by atoms with Gasteiger partial charge in [-0.1, -0.05) is 12.1 Å². The Kier molecular flexibility index (Phi) is 2.56. The maximum absolute atomic E-state index is 13.4. The molecule has 0 saturated carbocycles. The van der Waals surface area contributed by atoms with Crippen molar-refractivity contribution in [1.29, 1.82) is 0 Å². The van der Waals surface area contributed by atoms with Crippen molar-refractivity contribution < 1.29 is 13.2 Å². The summed E-state index contributed by atoms with van der Waals surface area (Å²) < 4.78 is 39.3. The van der Waals surface area contributed by atoms with Gasteiger partial charge in [-0.2, -0.15) is 0 Å². The monoisotopic (exact) mass is 223 g/mol. The molecule has 0 heterocycles. The molecule has 2 N–H and O–H groups in total. The topological polar surface area (TPSA) is 26.0 Å². The van der Waals surface area contributed by atoms with Gasteiger partial charge in [-0.25, -0.2) is 13.2 Å². The molecular weight excluding hydrogens is 215 g/mol. The summed E-state index contributed by atoms with van der Waals surface area (Å²) in [5, 5.41) is 0. The molecule has 0 saturated heterocycles. The molecule has 4 heteroatoms. The second-order valence-corrected chi connectivity index (χ2v) is 3.36. The minimum absolute atomic E-state index is 0.0819. The van der Waals surface area contributed by atoms with Crippen molar-refractivity contribution in [2.45, 2.75) is 0 Å². The van der Waals surface area contributed by atoms with Crippen molar-refractivity contribution in [3.63, 3.8) is 0 Å². The van der Waals surface area contributed by atoms with E-state index < -0.39 is 17.5 Å². The van der Waals surface area contributed by atoms with Gasteiger partial charge in [0.25, 0.3) is 0 Å². The van der Waals surface area contributed by atoms with Gasteiger partial charge in [0.05, 0.1) is 5.69 Å². The molecule has 0 unspecified atom stereocenters. The first-order valence-corrected chi connectivity index (χ1v) is 4.58. The lowest BCUT2D eigenvalue weighted by Gasteiger charge is -2.05. The summed E-state index contributed by atoms with van der Waals surface area (Å²) in [6, 6.07) is 7.22. The highest BCUT2D eigenvalue weighted by Crippen LogP contribution is 2.27. The van der Waals surface area contributed by atoms with E-state index >= 15 is 0 Å². The number of nitrogens with two attached hydrogens (primary N) is 1. The van der Waals surface area contributed by atoms with E-state index in [9.17, 15) is 13.2 Å². The Morgan fingerprint density at radius 2 is 1.62 bits per heavy atom. The molecule has 0 aromatic heterocycles. The molecule has 0 atom stereocenters. The second kappa shape index (κ2) is 3.89. The van der Waals surface area contributed by atoms with Crippen LogP contribution in [0.2, 0.25) is 0 Å². The highest BCUT2D eigenvalue weighted by molar-refractivity contribution is 5.68. The van der Waals surface area contributed by atoms with Crippen LogP contribution in [0.5, 0.6) is 0 Å². The van der Waals surface area contributed by atoms with Crippen LogP contribution in [0.4, 0.5) is 18.9 Å². The van der Waals surface area contributed by atoms with Gasteiger partial charge < -0.3 is 5.73 Å². The van der Waals surface area contributed by atoms with Crippen LogP contribution in [-0.2, 0) is 0 Å². The Morgan fingerprint density at radius 3 is 2.31 bits per heavy atom. The molecule has 0 fully saturated rings. The molecule has 0 aliphatic heterocycles. The Hall–Kier alpha value is -1.97. The van der Waals surface area contributed by atoms with Gasteiger partial charge in [0, 0.05) is 11.6 Å². The van der Waals surface area contributed by atoms with E-state index in [0.717, 1.165) is 12.1 Å². The molecule has 0 amide bonds. The molecular formula is C12H8F3N. The number of nitrogen functional groups attached to an aromatic ring is 1. The van der Waals surface area contributed by atoms with Crippen LogP contribution in [-0.4, -0.2) is 0 Å². The van der Waals surface area contributed by atoms with Crippen LogP contribution >= 0.6 is 0 Å². The van der Waals surface area contributed by atoms with Gasteiger partial charge in [0.15, 0.2) is 0 Å². The number of hydrogen-bond donors (Lipinski definition) is 1. The summed E-state index contributed by atoms with van der Waals surface area (Å²) in [7, 11) is 0. The SMILES string of the molecule is Nc1cc(-c2cccc(F)c2)c(F)cc1F. The lowest BCUT2D eigenvalue weighted by atomic mass is 10.0. The Balaban J connectivity index is 2.60. The molecule has 82 valence electrons. The van der Waals surface area contributed by atoms with Crippen molar-refractivity contribution in [2.75, 3.05) is 5.73 Å². The van der Waals surface area contributed by atoms with Crippen molar-refractivity contribution in [2.24, 2.45) is 0 Å². The third kappa shape index (κ3) is 1.86. The van der Waals surface area contributed by atoms with Gasteiger partial charge in [-0.05, 0) is 23.8 Å². The maximum Gasteiger partial charge on any atom is 0.149 e. The Bertz CT molecular complexity index is 538. The quantitative estimate of drug-likeness (QED) is 0.737. The fourth-order valence-corrected chi connectivity index (χ4v) is 1.44. The summed E-state index contributed by atoms with van der Waals surface area (Å²) in [5.41, 5.74) is 5.57. The van der Waals surface area contributed by atoms with Crippen LogP contribution in [0, 0.1) is 17.5 Å². The normalized spacial score (nSPS) is 10.4. The second-order valence-electron chi connectivity index (χ2n) is 3.36. The smallest absolute Gasteiger partial charge is 0.149 e. The molecule has 0 aliphatic rings. The number of hydrogen-bond acceptors (Lipinski definition) is 1. The molecule has 0 aliphatic carbocycles. The summed E-state index contributed by atoms with van der Waals surface area (Å²) >= 11 is 0. The predicted octanol–water partition coefficient (Wildman–Crippen LogP) is 3.35. The number of rotatable bonds is 1. The minimum Gasteiger partial charge on any atom is -0.396 e. The first kappa shape index (κ1) is 10.5. The average Bonchev–Trinajstić information content (AvgIpc) is 2.23. The number of benzene rings is 2. The van der Waals surface area contributed by atoms with E-state index in [1.54, 1.807) is 0 Å². The maximum atomic E-state index is 13.4. The Morgan fingerprint density at radius 1 is 0.875 bits per heavy atom. The highest BCUT2D eigenvalue weighted by Gasteiger charge is 2.10. The fraction of sp³-hybridized carbons (Fsp3) is 0. The van der Waals surface area contributed by atoms with Gasteiger partial charge in [-0.3, -0.25) is 0 Å². The van der Waals surface area contributed by atoms with E-state index in [0.29, 0.717) is 11.6 Å². The van der Waals surface area contributed by atoms with Gasteiger partial charge in [0.2, 0.25) is 0 Å². The molecule has 2 aromatic rings. The van der Waals surface area contributed by atoms with Crippen LogP contribution in [0.1, 0.15) is 0 Å². The zero-order chi connectivity index (χ0) is 11.7.